The van der Waals surface area contributed by atoms with Gasteiger partial charge < -0.3 is 14.1 Å². The molecule has 24 heavy (non-hydrogen) atoms. The first-order valence-electron chi connectivity index (χ1n) is 8.47. The van der Waals surface area contributed by atoms with Gasteiger partial charge in [0.25, 0.3) is 0 Å². The van der Waals surface area contributed by atoms with Crippen LogP contribution in [0.5, 0.6) is 0 Å². The summed E-state index contributed by atoms with van der Waals surface area (Å²) in [7, 11) is -2.04. The van der Waals surface area contributed by atoms with Gasteiger partial charge in [-0.25, -0.2) is 4.79 Å². The van der Waals surface area contributed by atoms with Gasteiger partial charge in [-0.3, -0.25) is 0 Å². The summed E-state index contributed by atoms with van der Waals surface area (Å²) in [6, 6.07) is -0.247. The number of hydrogen-bond donors (Lipinski definition) is 0. The molecule has 138 valence electrons. The van der Waals surface area contributed by atoms with E-state index in [1.54, 1.807) is 4.90 Å². The number of piperidine rings is 1. The van der Waals surface area contributed by atoms with Crippen LogP contribution >= 0.6 is 0 Å². The lowest BCUT2D eigenvalue weighted by atomic mass is 10.0. The summed E-state index contributed by atoms with van der Waals surface area (Å²) < 4.78 is 11.9. The minimum Gasteiger partial charge on any atom is -0.444 e. The van der Waals surface area contributed by atoms with Gasteiger partial charge in [-0.05, 0) is 50.9 Å². The normalized spacial score (nSPS) is 22.8. The van der Waals surface area contributed by atoms with Crippen LogP contribution in [0.25, 0.3) is 10.4 Å². The minimum atomic E-state index is -2.04. The predicted molar refractivity (Wildman–Crippen MR) is 97.4 cm³/mol. The van der Waals surface area contributed by atoms with Crippen LogP contribution < -0.4 is 0 Å². The highest BCUT2D eigenvalue weighted by Gasteiger charge is 2.43. The molecule has 8 heteroatoms. The average molecular weight is 357 g/mol. The summed E-state index contributed by atoms with van der Waals surface area (Å²) in [6.07, 6.45) is -0.0449. The van der Waals surface area contributed by atoms with Gasteiger partial charge >= 0.3 is 6.09 Å². The van der Waals surface area contributed by atoms with Gasteiger partial charge in [0.1, 0.15) is 5.60 Å². The van der Waals surface area contributed by atoms with E-state index in [0.29, 0.717) is 19.5 Å². The van der Waals surface area contributed by atoms with Crippen molar-refractivity contribution in [3.8, 4) is 0 Å². The van der Waals surface area contributed by atoms with Crippen molar-refractivity contribution in [3.05, 3.63) is 10.4 Å². The predicted octanol–water partition coefficient (Wildman–Crippen LogP) is 4.70. The van der Waals surface area contributed by atoms with Crippen molar-refractivity contribution in [2.75, 3.05) is 13.1 Å². The summed E-state index contributed by atoms with van der Waals surface area (Å²) in [4.78, 5) is 17.0. The summed E-state index contributed by atoms with van der Waals surface area (Å²) in [5.41, 5.74) is 8.30. The Balaban J connectivity index is 2.91. The molecule has 1 aliphatic rings. The Hall–Kier alpha value is -1.24. The number of carbonyl (C=O) groups excluding carboxylic acids is 1. The van der Waals surface area contributed by atoms with Crippen molar-refractivity contribution in [1.29, 1.82) is 0 Å². The number of hydrogen-bond acceptors (Lipinski definition) is 4. The van der Waals surface area contributed by atoms with Crippen LogP contribution in [-0.2, 0) is 9.16 Å². The van der Waals surface area contributed by atoms with Gasteiger partial charge in [0.15, 0.2) is 8.32 Å². The third-order valence-corrected chi connectivity index (χ3v) is 9.13. The quantitative estimate of drug-likeness (QED) is 0.318. The molecule has 0 aromatic rings. The second-order valence-electron chi connectivity index (χ2n) is 8.90. The van der Waals surface area contributed by atoms with Crippen molar-refractivity contribution in [3.63, 3.8) is 0 Å². The first-order chi connectivity index (χ1) is 10.8. The van der Waals surface area contributed by atoms with E-state index in [9.17, 15) is 4.79 Å². The van der Waals surface area contributed by atoms with E-state index in [1.807, 2.05) is 20.8 Å². The molecule has 0 radical (unpaired) electrons. The van der Waals surface area contributed by atoms with E-state index in [-0.39, 0.29) is 23.3 Å². The second kappa shape index (κ2) is 7.33. The van der Waals surface area contributed by atoms with Crippen molar-refractivity contribution < 1.29 is 14.0 Å². The fraction of sp³-hybridized carbons (Fsp3) is 0.938. The van der Waals surface area contributed by atoms with E-state index in [2.05, 4.69) is 43.9 Å². The first-order valence-corrected chi connectivity index (χ1v) is 11.4. The Bertz CT molecular complexity index is 504. The molecule has 1 saturated heterocycles. The largest absolute Gasteiger partial charge is 0.444 e. The van der Waals surface area contributed by atoms with Crippen LogP contribution in [0, 0.1) is 0 Å². The third-order valence-electron chi connectivity index (χ3n) is 4.63. The number of ether oxygens (including phenoxy) is 1. The second-order valence-corrected chi connectivity index (χ2v) is 13.7. The fourth-order valence-corrected chi connectivity index (χ4v) is 3.61. The Morgan fingerprint density at radius 2 is 1.83 bits per heavy atom. The zero-order valence-corrected chi connectivity index (χ0v) is 17.3. The van der Waals surface area contributed by atoms with Gasteiger partial charge in [0.2, 0.25) is 0 Å². The van der Waals surface area contributed by atoms with Crippen LogP contribution in [0.2, 0.25) is 18.1 Å². The maximum atomic E-state index is 12.3. The highest BCUT2D eigenvalue weighted by Crippen LogP contribution is 2.38. The summed E-state index contributed by atoms with van der Waals surface area (Å²) in [5.74, 6) is 0. The smallest absolute Gasteiger partial charge is 0.410 e. The summed E-state index contributed by atoms with van der Waals surface area (Å²) >= 11 is 0. The lowest BCUT2D eigenvalue weighted by Crippen LogP contribution is -2.55. The van der Waals surface area contributed by atoms with E-state index in [1.165, 1.54) is 0 Å². The van der Waals surface area contributed by atoms with E-state index >= 15 is 0 Å². The first kappa shape index (κ1) is 20.8. The zero-order valence-electron chi connectivity index (χ0n) is 16.3. The number of amides is 1. The number of carbonyl (C=O) groups is 1. The average Bonchev–Trinajstić information content (AvgIpc) is 2.37. The maximum Gasteiger partial charge on any atom is 0.410 e. The Morgan fingerprint density at radius 3 is 2.29 bits per heavy atom. The molecular formula is C16H32N4O3Si. The van der Waals surface area contributed by atoms with Crippen molar-refractivity contribution in [1.82, 2.24) is 4.90 Å². The van der Waals surface area contributed by atoms with Gasteiger partial charge in [-0.2, -0.15) is 0 Å². The highest BCUT2D eigenvalue weighted by molar-refractivity contribution is 6.74. The van der Waals surface area contributed by atoms with E-state index < -0.39 is 13.9 Å². The molecule has 1 heterocycles. The molecule has 0 spiro atoms. The Kier molecular flexibility index (Phi) is 6.35. The number of rotatable bonds is 3. The molecule has 0 aromatic carbocycles. The molecule has 1 amide bonds. The van der Waals surface area contributed by atoms with Crippen molar-refractivity contribution in [2.45, 2.75) is 83.8 Å². The molecule has 0 N–H and O–H groups in total. The monoisotopic (exact) mass is 356 g/mol. The molecule has 0 aromatic heterocycles. The van der Waals surface area contributed by atoms with Crippen LogP contribution in [0.15, 0.2) is 5.11 Å². The van der Waals surface area contributed by atoms with E-state index in [0.717, 1.165) is 0 Å². The van der Waals surface area contributed by atoms with Crippen molar-refractivity contribution in [2.24, 2.45) is 5.11 Å². The number of azide groups is 1. The minimum absolute atomic E-state index is 0.0438. The van der Waals surface area contributed by atoms with Crippen molar-refractivity contribution >= 4 is 14.4 Å². The summed E-state index contributed by atoms with van der Waals surface area (Å²) in [5, 5.41) is 3.94. The SMILES string of the molecule is CC(C)(C)OC(=O)N1CCC(N=[N+]=[N-])C(O[Si](C)(C)C(C)(C)C)C1. The molecule has 7 nitrogen and oxygen atoms in total. The molecule has 2 atom stereocenters. The van der Waals surface area contributed by atoms with E-state index in [4.69, 9.17) is 14.7 Å². The molecular weight excluding hydrogens is 324 g/mol. The number of likely N-dealkylation sites (tertiary alicyclic amines) is 1. The molecule has 1 fully saturated rings. The lowest BCUT2D eigenvalue weighted by Gasteiger charge is -2.44. The standard InChI is InChI=1S/C16H32N4O3Si/c1-15(2,3)22-14(21)20-10-9-12(18-19-17)13(11-20)23-24(7,8)16(4,5)6/h12-13H,9-11H2,1-8H3. The molecule has 0 saturated carbocycles. The topological polar surface area (TPSA) is 87.5 Å². The van der Waals surface area contributed by atoms with Gasteiger partial charge in [-0.1, -0.05) is 25.9 Å². The van der Waals surface area contributed by atoms with Crippen LogP contribution in [0.3, 0.4) is 0 Å². The van der Waals surface area contributed by atoms with Crippen LogP contribution in [-0.4, -0.2) is 50.1 Å². The maximum absolute atomic E-state index is 12.3. The zero-order chi connectivity index (χ0) is 18.8. The fourth-order valence-electron chi connectivity index (χ4n) is 2.27. The Morgan fingerprint density at radius 1 is 1.25 bits per heavy atom. The molecule has 2 unspecified atom stereocenters. The lowest BCUT2D eigenvalue weighted by molar-refractivity contribution is 0.00189. The molecule has 0 aliphatic carbocycles. The van der Waals surface area contributed by atoms with Gasteiger partial charge in [-0.15, -0.1) is 0 Å². The third kappa shape index (κ3) is 5.68. The van der Waals surface area contributed by atoms with Crippen LogP contribution in [0.1, 0.15) is 48.0 Å². The molecule has 1 aliphatic heterocycles. The molecule has 1 rings (SSSR count). The Labute approximate surface area is 146 Å². The van der Waals surface area contributed by atoms with Crippen LogP contribution in [0.4, 0.5) is 4.79 Å². The summed E-state index contributed by atoms with van der Waals surface area (Å²) in [6.45, 7) is 17.3. The van der Waals surface area contributed by atoms with Gasteiger partial charge in [0.05, 0.1) is 12.1 Å². The molecule has 0 bridgehead atoms. The number of nitrogens with zero attached hydrogens (tertiary/aromatic N) is 4. The highest BCUT2D eigenvalue weighted by atomic mass is 28.4. The van der Waals surface area contributed by atoms with Gasteiger partial charge in [0, 0.05) is 18.0 Å².